The molecule has 0 radical (unpaired) electrons. The second-order valence-electron chi connectivity index (χ2n) is 2.78. The van der Waals surface area contributed by atoms with Gasteiger partial charge in [-0.2, -0.15) is 4.99 Å². The first-order chi connectivity index (χ1) is 6.69. The lowest BCUT2D eigenvalue weighted by Gasteiger charge is -2.10. The summed E-state index contributed by atoms with van der Waals surface area (Å²) >= 11 is 0. The topological polar surface area (TPSA) is 38.7 Å². The number of hydrogen-bond donors (Lipinski definition) is 0. The van der Waals surface area contributed by atoms with Gasteiger partial charge in [-0.1, -0.05) is 6.07 Å². The minimum absolute atomic E-state index is 0.372. The third kappa shape index (κ3) is 2.18. The molecule has 74 valence electrons. The fourth-order valence-electron chi connectivity index (χ4n) is 1.18. The highest BCUT2D eigenvalue weighted by Gasteiger charge is 2.10. The molecule has 0 aliphatic carbocycles. The van der Waals surface area contributed by atoms with Gasteiger partial charge in [-0.15, -0.1) is 0 Å². The minimum atomic E-state index is -0.382. The van der Waals surface area contributed by atoms with E-state index in [0.717, 1.165) is 0 Å². The van der Waals surface area contributed by atoms with Crippen LogP contribution in [0.4, 0.5) is 4.39 Å². The Labute approximate surface area is 81.2 Å². The van der Waals surface area contributed by atoms with Gasteiger partial charge in [-0.25, -0.2) is 9.18 Å². The molecule has 0 spiro atoms. The van der Waals surface area contributed by atoms with Gasteiger partial charge in [0, 0.05) is 11.6 Å². The van der Waals surface area contributed by atoms with Gasteiger partial charge >= 0.3 is 0 Å². The van der Waals surface area contributed by atoms with Crippen molar-refractivity contribution in [3.63, 3.8) is 0 Å². The normalized spacial score (nSPS) is 11.6. The Balaban J connectivity index is 3.13. The van der Waals surface area contributed by atoms with Crippen LogP contribution in [0.2, 0.25) is 0 Å². The molecule has 1 rings (SSSR count). The van der Waals surface area contributed by atoms with Crippen LogP contribution in [0.1, 0.15) is 18.5 Å². The molecule has 1 aromatic carbocycles. The molecule has 0 aliphatic heterocycles. The fourth-order valence-corrected chi connectivity index (χ4v) is 1.18. The highest BCUT2D eigenvalue weighted by Crippen LogP contribution is 2.27. The number of hydrogen-bond acceptors (Lipinski definition) is 3. The van der Waals surface area contributed by atoms with Gasteiger partial charge in [0.25, 0.3) is 0 Å². The van der Waals surface area contributed by atoms with Crippen molar-refractivity contribution in [3.05, 3.63) is 29.6 Å². The van der Waals surface area contributed by atoms with E-state index in [-0.39, 0.29) is 11.9 Å². The van der Waals surface area contributed by atoms with E-state index in [2.05, 4.69) is 4.99 Å². The molecule has 0 heterocycles. The number of nitrogens with zero attached hydrogens (tertiary/aromatic N) is 1. The van der Waals surface area contributed by atoms with Gasteiger partial charge in [-0.3, -0.25) is 0 Å². The third-order valence-corrected chi connectivity index (χ3v) is 1.89. The van der Waals surface area contributed by atoms with Gasteiger partial charge in [0.2, 0.25) is 6.08 Å². The van der Waals surface area contributed by atoms with Crippen LogP contribution in [0, 0.1) is 5.82 Å². The van der Waals surface area contributed by atoms with Crippen molar-refractivity contribution in [2.24, 2.45) is 4.99 Å². The number of halogens is 1. The number of rotatable bonds is 3. The molecule has 0 aliphatic rings. The van der Waals surface area contributed by atoms with Crippen molar-refractivity contribution < 1.29 is 13.9 Å². The lowest BCUT2D eigenvalue weighted by molar-refractivity contribution is 0.403. The quantitative estimate of drug-likeness (QED) is 0.548. The summed E-state index contributed by atoms with van der Waals surface area (Å²) in [4.78, 5) is 13.6. The number of benzene rings is 1. The van der Waals surface area contributed by atoms with Gasteiger partial charge in [0.05, 0.1) is 13.2 Å². The van der Waals surface area contributed by atoms with Crippen molar-refractivity contribution in [1.29, 1.82) is 0 Å². The number of isocyanates is 1. The average molecular weight is 195 g/mol. The summed E-state index contributed by atoms with van der Waals surface area (Å²) in [5, 5.41) is 0. The predicted molar refractivity (Wildman–Crippen MR) is 49.5 cm³/mol. The molecular weight excluding hydrogens is 185 g/mol. The Morgan fingerprint density at radius 1 is 1.57 bits per heavy atom. The first-order valence-corrected chi connectivity index (χ1v) is 4.09. The first kappa shape index (κ1) is 10.4. The molecule has 0 bridgehead atoms. The Morgan fingerprint density at radius 2 is 2.29 bits per heavy atom. The molecule has 0 aromatic heterocycles. The molecule has 3 nitrogen and oxygen atoms in total. The fraction of sp³-hybridized carbons (Fsp3) is 0.300. The van der Waals surface area contributed by atoms with Crippen LogP contribution in [0.3, 0.4) is 0 Å². The Kier molecular flexibility index (Phi) is 3.37. The van der Waals surface area contributed by atoms with E-state index in [1.807, 2.05) is 0 Å². The van der Waals surface area contributed by atoms with Crippen molar-refractivity contribution >= 4 is 6.08 Å². The smallest absolute Gasteiger partial charge is 0.235 e. The molecular formula is C10H10FNO2. The van der Waals surface area contributed by atoms with E-state index in [9.17, 15) is 9.18 Å². The Bertz CT molecular complexity index is 372. The SMILES string of the molecule is COc1cc(F)ccc1C(C)N=C=O. The lowest BCUT2D eigenvalue weighted by Crippen LogP contribution is -1.95. The number of methoxy groups -OCH3 is 1. The highest BCUT2D eigenvalue weighted by molar-refractivity contribution is 5.40. The summed E-state index contributed by atoms with van der Waals surface area (Å²) in [6, 6.07) is 3.73. The summed E-state index contributed by atoms with van der Waals surface area (Å²) in [7, 11) is 1.44. The zero-order chi connectivity index (χ0) is 10.6. The molecule has 1 aromatic rings. The predicted octanol–water partition coefficient (Wildman–Crippen LogP) is 2.23. The van der Waals surface area contributed by atoms with Gasteiger partial charge in [0.1, 0.15) is 11.6 Å². The van der Waals surface area contributed by atoms with E-state index < -0.39 is 0 Å². The van der Waals surface area contributed by atoms with E-state index in [1.54, 1.807) is 13.0 Å². The minimum Gasteiger partial charge on any atom is -0.496 e. The van der Waals surface area contributed by atoms with Crippen LogP contribution < -0.4 is 4.74 Å². The third-order valence-electron chi connectivity index (χ3n) is 1.89. The number of aliphatic imine (C=N–C) groups is 1. The molecule has 0 fully saturated rings. The Morgan fingerprint density at radius 3 is 2.86 bits per heavy atom. The van der Waals surface area contributed by atoms with E-state index >= 15 is 0 Å². The largest absolute Gasteiger partial charge is 0.496 e. The van der Waals surface area contributed by atoms with Gasteiger partial charge < -0.3 is 4.74 Å². The number of ether oxygens (including phenoxy) is 1. The maximum absolute atomic E-state index is 12.8. The van der Waals surface area contributed by atoms with Crippen LogP contribution in [0.25, 0.3) is 0 Å². The standard InChI is InChI=1S/C10H10FNO2/c1-7(12-6-13)9-4-3-8(11)5-10(9)14-2/h3-5,7H,1-2H3. The second-order valence-corrected chi connectivity index (χ2v) is 2.78. The summed E-state index contributed by atoms with van der Waals surface area (Å²) in [5.74, 6) is 0.00406. The zero-order valence-electron chi connectivity index (χ0n) is 7.95. The second kappa shape index (κ2) is 4.53. The summed E-state index contributed by atoms with van der Waals surface area (Å²) in [5.41, 5.74) is 0.664. The molecule has 0 saturated heterocycles. The maximum atomic E-state index is 12.8. The highest BCUT2D eigenvalue weighted by atomic mass is 19.1. The molecule has 0 saturated carbocycles. The van der Waals surface area contributed by atoms with Crippen molar-refractivity contribution in [2.75, 3.05) is 7.11 Å². The van der Waals surface area contributed by atoms with E-state index in [1.165, 1.54) is 25.3 Å². The van der Waals surface area contributed by atoms with Gasteiger partial charge in [0.15, 0.2) is 0 Å². The summed E-state index contributed by atoms with van der Waals surface area (Å²) in [6.07, 6.45) is 1.46. The van der Waals surface area contributed by atoms with Crippen LogP contribution in [0.5, 0.6) is 5.75 Å². The molecule has 1 atom stereocenters. The van der Waals surface area contributed by atoms with Crippen molar-refractivity contribution in [3.8, 4) is 5.75 Å². The summed E-state index contributed by atoms with van der Waals surface area (Å²) < 4.78 is 17.8. The number of carbonyl (C=O) groups excluding carboxylic acids is 1. The summed E-state index contributed by atoms with van der Waals surface area (Å²) in [6.45, 7) is 1.71. The van der Waals surface area contributed by atoms with Crippen molar-refractivity contribution in [1.82, 2.24) is 0 Å². The van der Waals surface area contributed by atoms with Crippen LogP contribution >= 0.6 is 0 Å². The van der Waals surface area contributed by atoms with Crippen LogP contribution in [-0.2, 0) is 4.79 Å². The Hall–Kier alpha value is -1.67. The molecule has 14 heavy (non-hydrogen) atoms. The van der Waals surface area contributed by atoms with Crippen LogP contribution in [-0.4, -0.2) is 13.2 Å². The van der Waals surface area contributed by atoms with Crippen molar-refractivity contribution in [2.45, 2.75) is 13.0 Å². The lowest BCUT2D eigenvalue weighted by atomic mass is 10.1. The van der Waals surface area contributed by atoms with Gasteiger partial charge in [-0.05, 0) is 13.0 Å². The molecule has 1 unspecified atom stereocenters. The molecule has 4 heteroatoms. The first-order valence-electron chi connectivity index (χ1n) is 4.09. The van der Waals surface area contributed by atoms with E-state index in [0.29, 0.717) is 11.3 Å². The molecule has 0 N–H and O–H groups in total. The maximum Gasteiger partial charge on any atom is 0.235 e. The average Bonchev–Trinajstić information content (AvgIpc) is 2.17. The zero-order valence-corrected chi connectivity index (χ0v) is 7.95. The van der Waals surface area contributed by atoms with E-state index in [4.69, 9.17) is 4.74 Å². The molecule has 0 amide bonds. The monoisotopic (exact) mass is 195 g/mol. The van der Waals surface area contributed by atoms with Crippen LogP contribution in [0.15, 0.2) is 23.2 Å².